The molecule has 1 fully saturated rings. The van der Waals surface area contributed by atoms with Crippen molar-refractivity contribution in [3.05, 3.63) is 0 Å². The standard InChI is InChI=1S/C11H18F3N3/c1-8(16)9-3-2-4-17(6-9)7-10(5-15)11(12,13)14/h8-10H,2-4,6-7,16H2,1H3. The van der Waals surface area contributed by atoms with Crippen molar-refractivity contribution < 1.29 is 13.2 Å². The molecule has 0 amide bonds. The van der Waals surface area contributed by atoms with Crippen LogP contribution in [0.2, 0.25) is 0 Å². The van der Waals surface area contributed by atoms with Gasteiger partial charge in [-0.2, -0.15) is 18.4 Å². The Morgan fingerprint density at radius 1 is 1.53 bits per heavy atom. The van der Waals surface area contributed by atoms with Crippen LogP contribution in [-0.2, 0) is 0 Å². The van der Waals surface area contributed by atoms with Gasteiger partial charge in [0, 0.05) is 19.1 Å². The second kappa shape index (κ2) is 5.69. The van der Waals surface area contributed by atoms with E-state index < -0.39 is 12.1 Å². The molecule has 3 nitrogen and oxygen atoms in total. The van der Waals surface area contributed by atoms with E-state index in [1.165, 1.54) is 6.07 Å². The van der Waals surface area contributed by atoms with E-state index in [0.29, 0.717) is 13.1 Å². The van der Waals surface area contributed by atoms with Gasteiger partial charge in [-0.15, -0.1) is 0 Å². The predicted molar refractivity (Wildman–Crippen MR) is 58.0 cm³/mol. The number of rotatable bonds is 3. The van der Waals surface area contributed by atoms with E-state index in [2.05, 4.69) is 0 Å². The quantitative estimate of drug-likeness (QED) is 0.829. The second-order valence-corrected chi connectivity index (χ2v) is 4.74. The van der Waals surface area contributed by atoms with Crippen LogP contribution in [0.3, 0.4) is 0 Å². The van der Waals surface area contributed by atoms with Crippen molar-refractivity contribution in [1.82, 2.24) is 4.90 Å². The van der Waals surface area contributed by atoms with Gasteiger partial charge in [-0.05, 0) is 32.2 Å². The van der Waals surface area contributed by atoms with Crippen molar-refractivity contribution in [2.75, 3.05) is 19.6 Å². The number of likely N-dealkylation sites (tertiary alicyclic amines) is 1. The van der Waals surface area contributed by atoms with E-state index in [1.54, 1.807) is 4.90 Å². The van der Waals surface area contributed by atoms with Gasteiger partial charge in [-0.3, -0.25) is 0 Å². The van der Waals surface area contributed by atoms with Crippen LogP contribution in [0.15, 0.2) is 0 Å². The minimum atomic E-state index is -4.43. The summed E-state index contributed by atoms with van der Waals surface area (Å²) in [4.78, 5) is 1.71. The lowest BCUT2D eigenvalue weighted by molar-refractivity contribution is -0.164. The Bertz CT molecular complexity index is 283. The highest BCUT2D eigenvalue weighted by molar-refractivity contribution is 4.92. The highest BCUT2D eigenvalue weighted by Gasteiger charge is 2.41. The molecule has 0 aromatic rings. The van der Waals surface area contributed by atoms with Gasteiger partial charge in [-0.25, -0.2) is 0 Å². The minimum absolute atomic E-state index is 0.00998. The first-order valence-corrected chi connectivity index (χ1v) is 5.79. The molecule has 17 heavy (non-hydrogen) atoms. The van der Waals surface area contributed by atoms with Gasteiger partial charge in [0.2, 0.25) is 0 Å². The van der Waals surface area contributed by atoms with Gasteiger partial charge in [0.05, 0.1) is 6.07 Å². The van der Waals surface area contributed by atoms with Crippen molar-refractivity contribution in [1.29, 1.82) is 5.26 Å². The number of nitrogens with zero attached hydrogens (tertiary/aromatic N) is 2. The van der Waals surface area contributed by atoms with Gasteiger partial charge in [0.1, 0.15) is 0 Å². The maximum absolute atomic E-state index is 12.5. The van der Waals surface area contributed by atoms with Crippen molar-refractivity contribution in [3.8, 4) is 6.07 Å². The summed E-state index contributed by atoms with van der Waals surface area (Å²) in [7, 11) is 0. The third kappa shape index (κ3) is 4.17. The van der Waals surface area contributed by atoms with Crippen molar-refractivity contribution in [2.45, 2.75) is 32.0 Å². The Morgan fingerprint density at radius 2 is 2.18 bits per heavy atom. The summed E-state index contributed by atoms with van der Waals surface area (Å²) in [5, 5.41) is 8.55. The Labute approximate surface area is 99.4 Å². The Kier molecular flexibility index (Phi) is 4.78. The van der Waals surface area contributed by atoms with Crippen LogP contribution < -0.4 is 5.73 Å². The summed E-state index contributed by atoms with van der Waals surface area (Å²) < 4.78 is 37.4. The van der Waals surface area contributed by atoms with E-state index in [-0.39, 0.29) is 18.5 Å². The summed E-state index contributed by atoms with van der Waals surface area (Å²) >= 11 is 0. The number of nitriles is 1. The molecule has 1 aliphatic rings. The number of hydrogen-bond acceptors (Lipinski definition) is 3. The van der Waals surface area contributed by atoms with E-state index in [9.17, 15) is 13.2 Å². The van der Waals surface area contributed by atoms with E-state index in [0.717, 1.165) is 12.8 Å². The Balaban J connectivity index is 2.54. The number of hydrogen-bond donors (Lipinski definition) is 1. The molecule has 2 N–H and O–H groups in total. The average Bonchev–Trinajstić information content (AvgIpc) is 2.24. The van der Waals surface area contributed by atoms with Crippen LogP contribution in [0.25, 0.3) is 0 Å². The zero-order valence-electron chi connectivity index (χ0n) is 9.87. The molecule has 1 heterocycles. The van der Waals surface area contributed by atoms with E-state index in [1.807, 2.05) is 6.92 Å². The van der Waals surface area contributed by atoms with Crippen LogP contribution in [-0.4, -0.2) is 36.8 Å². The Hall–Kier alpha value is -0.800. The third-order valence-electron chi connectivity index (χ3n) is 3.28. The number of halogens is 3. The fraction of sp³-hybridized carbons (Fsp3) is 0.909. The molecule has 0 saturated carbocycles. The molecule has 1 rings (SSSR count). The molecule has 3 atom stereocenters. The van der Waals surface area contributed by atoms with Crippen molar-refractivity contribution in [2.24, 2.45) is 17.6 Å². The number of piperidine rings is 1. The molecule has 98 valence electrons. The maximum atomic E-state index is 12.5. The van der Waals surface area contributed by atoms with Gasteiger partial charge in [-0.1, -0.05) is 0 Å². The van der Waals surface area contributed by atoms with Crippen LogP contribution >= 0.6 is 0 Å². The molecule has 0 aliphatic carbocycles. The first-order chi connectivity index (χ1) is 7.84. The van der Waals surface area contributed by atoms with Crippen molar-refractivity contribution >= 4 is 0 Å². The molecule has 1 aliphatic heterocycles. The lowest BCUT2D eigenvalue weighted by atomic mass is 9.91. The lowest BCUT2D eigenvalue weighted by Gasteiger charge is -2.35. The first-order valence-electron chi connectivity index (χ1n) is 5.79. The predicted octanol–water partition coefficient (Wildman–Crippen LogP) is 1.75. The lowest BCUT2D eigenvalue weighted by Crippen LogP contribution is -2.45. The topological polar surface area (TPSA) is 53.0 Å². The van der Waals surface area contributed by atoms with Gasteiger partial charge in [0.25, 0.3) is 0 Å². The monoisotopic (exact) mass is 249 g/mol. The highest BCUT2D eigenvalue weighted by atomic mass is 19.4. The van der Waals surface area contributed by atoms with Crippen LogP contribution in [0.5, 0.6) is 0 Å². The van der Waals surface area contributed by atoms with Gasteiger partial charge >= 0.3 is 6.18 Å². The molecule has 0 radical (unpaired) electrons. The molecular weight excluding hydrogens is 231 g/mol. The summed E-state index contributed by atoms with van der Waals surface area (Å²) in [5.74, 6) is -1.66. The third-order valence-corrected chi connectivity index (χ3v) is 3.28. The molecule has 1 saturated heterocycles. The molecule has 3 unspecified atom stereocenters. The molecule has 0 aromatic heterocycles. The number of alkyl halides is 3. The zero-order valence-corrected chi connectivity index (χ0v) is 9.87. The van der Waals surface area contributed by atoms with Crippen LogP contribution in [0, 0.1) is 23.2 Å². The molecule has 0 aromatic carbocycles. The maximum Gasteiger partial charge on any atom is 0.405 e. The average molecular weight is 249 g/mol. The van der Waals surface area contributed by atoms with Crippen molar-refractivity contribution in [3.63, 3.8) is 0 Å². The smallest absolute Gasteiger partial charge is 0.328 e. The summed E-state index contributed by atoms with van der Waals surface area (Å²) in [6, 6.07) is 1.33. The summed E-state index contributed by atoms with van der Waals surface area (Å²) in [6.07, 6.45) is -2.63. The van der Waals surface area contributed by atoms with Crippen LogP contribution in [0.4, 0.5) is 13.2 Å². The SMILES string of the molecule is CC(N)C1CCCN(CC(C#N)C(F)(F)F)C1. The minimum Gasteiger partial charge on any atom is -0.328 e. The van der Waals surface area contributed by atoms with E-state index >= 15 is 0 Å². The fourth-order valence-electron chi connectivity index (χ4n) is 2.16. The number of nitrogens with two attached hydrogens (primary N) is 1. The normalized spacial score (nSPS) is 26.2. The highest BCUT2D eigenvalue weighted by Crippen LogP contribution is 2.28. The zero-order chi connectivity index (χ0) is 13.1. The molecule has 0 bridgehead atoms. The molecular formula is C11H18F3N3. The first kappa shape index (κ1) is 14.3. The summed E-state index contributed by atoms with van der Waals surface area (Å²) in [5.41, 5.74) is 5.76. The second-order valence-electron chi connectivity index (χ2n) is 4.74. The molecule has 0 spiro atoms. The summed E-state index contributed by atoms with van der Waals surface area (Å²) in [6.45, 7) is 2.83. The van der Waals surface area contributed by atoms with E-state index in [4.69, 9.17) is 11.0 Å². The van der Waals surface area contributed by atoms with Gasteiger partial charge in [0.15, 0.2) is 5.92 Å². The van der Waals surface area contributed by atoms with Gasteiger partial charge < -0.3 is 10.6 Å². The Morgan fingerprint density at radius 3 is 2.65 bits per heavy atom. The van der Waals surface area contributed by atoms with Crippen LogP contribution in [0.1, 0.15) is 19.8 Å². The fourth-order valence-corrected chi connectivity index (χ4v) is 2.16. The largest absolute Gasteiger partial charge is 0.405 e. The molecule has 6 heteroatoms.